The molecule has 2 heterocycles. The van der Waals surface area contributed by atoms with Crippen molar-refractivity contribution in [3.63, 3.8) is 0 Å². The first-order valence-electron chi connectivity index (χ1n) is 7.82. The molecule has 2 aliphatic rings. The molecule has 22 heavy (non-hydrogen) atoms. The van der Waals surface area contributed by atoms with Crippen molar-refractivity contribution in [2.24, 2.45) is 0 Å². The number of aromatic amines is 1. The number of thioether (sulfide) groups is 2. The average molecular weight is 341 g/mol. The standard InChI is InChI=1S/C15H24N4OS2/c1-19(2)15-17-13(7-14(20)18-15)10-5-11(6-10)16-12-8-21-3-4-22-9-12/h7,10-12,16H,3-6,8-9H2,1-2H3,(H,17,18,20). The Morgan fingerprint density at radius 1 is 1.23 bits per heavy atom. The fraction of sp³-hybridized carbons (Fsp3) is 0.733. The molecule has 1 aliphatic heterocycles. The molecule has 0 unspecified atom stereocenters. The van der Waals surface area contributed by atoms with Gasteiger partial charge in [0.05, 0.1) is 5.69 Å². The predicted octanol–water partition coefficient (Wildman–Crippen LogP) is 1.52. The lowest BCUT2D eigenvalue weighted by Crippen LogP contribution is -2.47. The second kappa shape index (κ2) is 7.27. The first kappa shape index (κ1) is 16.2. The lowest BCUT2D eigenvalue weighted by Gasteiger charge is -2.38. The van der Waals surface area contributed by atoms with Gasteiger partial charge in [-0.1, -0.05) is 0 Å². The van der Waals surface area contributed by atoms with Gasteiger partial charge in [0.15, 0.2) is 0 Å². The van der Waals surface area contributed by atoms with E-state index in [1.165, 1.54) is 23.0 Å². The third-order valence-electron chi connectivity index (χ3n) is 4.21. The van der Waals surface area contributed by atoms with Gasteiger partial charge < -0.3 is 10.2 Å². The summed E-state index contributed by atoms with van der Waals surface area (Å²) < 4.78 is 0. The fourth-order valence-corrected chi connectivity index (χ4v) is 5.35. The molecular weight excluding hydrogens is 316 g/mol. The summed E-state index contributed by atoms with van der Waals surface area (Å²) in [5.74, 6) is 6.07. The maximum absolute atomic E-state index is 11.8. The summed E-state index contributed by atoms with van der Waals surface area (Å²) in [6.45, 7) is 0. The van der Waals surface area contributed by atoms with Crippen LogP contribution in [-0.2, 0) is 0 Å². The lowest BCUT2D eigenvalue weighted by molar-refractivity contribution is 0.273. The number of hydrogen-bond acceptors (Lipinski definition) is 6. The topological polar surface area (TPSA) is 61.0 Å². The molecule has 1 saturated heterocycles. The zero-order chi connectivity index (χ0) is 15.5. The van der Waals surface area contributed by atoms with Gasteiger partial charge in [0.2, 0.25) is 5.95 Å². The minimum Gasteiger partial charge on any atom is -0.348 e. The van der Waals surface area contributed by atoms with E-state index in [1.807, 2.05) is 19.0 Å². The summed E-state index contributed by atoms with van der Waals surface area (Å²) in [5.41, 5.74) is 0.886. The van der Waals surface area contributed by atoms with Crippen molar-refractivity contribution < 1.29 is 0 Å². The van der Waals surface area contributed by atoms with Crippen LogP contribution in [0.1, 0.15) is 24.5 Å². The smallest absolute Gasteiger partial charge is 0.252 e. The molecule has 0 radical (unpaired) electrons. The van der Waals surface area contributed by atoms with Gasteiger partial charge in [-0.15, -0.1) is 0 Å². The Balaban J connectivity index is 1.55. The van der Waals surface area contributed by atoms with Crippen LogP contribution in [-0.4, -0.2) is 59.2 Å². The Hall–Kier alpha value is -0.660. The molecule has 0 amide bonds. The highest BCUT2D eigenvalue weighted by Gasteiger charge is 2.33. The van der Waals surface area contributed by atoms with Crippen molar-refractivity contribution in [3.05, 3.63) is 22.1 Å². The number of anilines is 1. The number of H-pyrrole nitrogens is 1. The highest BCUT2D eigenvalue weighted by Crippen LogP contribution is 2.36. The minimum atomic E-state index is -0.0540. The molecule has 3 rings (SSSR count). The average Bonchev–Trinajstić information content (AvgIpc) is 2.70. The minimum absolute atomic E-state index is 0.0540. The van der Waals surface area contributed by atoms with E-state index in [9.17, 15) is 4.79 Å². The quantitative estimate of drug-likeness (QED) is 0.867. The molecule has 0 spiro atoms. The number of nitrogens with one attached hydrogen (secondary N) is 2. The Bertz CT molecular complexity index is 549. The van der Waals surface area contributed by atoms with Gasteiger partial charge in [-0.25, -0.2) is 4.98 Å². The van der Waals surface area contributed by atoms with E-state index >= 15 is 0 Å². The monoisotopic (exact) mass is 340 g/mol. The third-order valence-corrected chi connectivity index (χ3v) is 6.73. The first-order chi connectivity index (χ1) is 10.6. The normalized spacial score (nSPS) is 26.3. The van der Waals surface area contributed by atoms with Crippen molar-refractivity contribution >= 4 is 29.5 Å². The highest BCUT2D eigenvalue weighted by atomic mass is 32.2. The lowest BCUT2D eigenvalue weighted by atomic mass is 9.78. The Kier molecular flexibility index (Phi) is 5.36. The molecule has 0 aromatic carbocycles. The van der Waals surface area contributed by atoms with Crippen molar-refractivity contribution in [1.82, 2.24) is 15.3 Å². The van der Waals surface area contributed by atoms with Crippen LogP contribution in [0.4, 0.5) is 5.95 Å². The summed E-state index contributed by atoms with van der Waals surface area (Å²) in [4.78, 5) is 21.0. The SMILES string of the molecule is CN(C)c1nc(C2CC(NC3CSCCSC3)C2)cc(=O)[nH]1. The van der Waals surface area contributed by atoms with Crippen LogP contribution in [0.25, 0.3) is 0 Å². The van der Waals surface area contributed by atoms with Gasteiger partial charge >= 0.3 is 0 Å². The predicted molar refractivity (Wildman–Crippen MR) is 96.5 cm³/mol. The third kappa shape index (κ3) is 4.00. The van der Waals surface area contributed by atoms with Crippen molar-refractivity contribution in [2.75, 3.05) is 42.0 Å². The summed E-state index contributed by atoms with van der Waals surface area (Å²) in [7, 11) is 3.79. The molecule has 2 N–H and O–H groups in total. The van der Waals surface area contributed by atoms with Gasteiger partial charge in [0, 0.05) is 61.2 Å². The van der Waals surface area contributed by atoms with Crippen LogP contribution in [0.15, 0.2) is 10.9 Å². The Morgan fingerprint density at radius 3 is 2.55 bits per heavy atom. The van der Waals surface area contributed by atoms with Crippen LogP contribution in [0, 0.1) is 0 Å². The molecule has 2 fully saturated rings. The van der Waals surface area contributed by atoms with Crippen molar-refractivity contribution in [2.45, 2.75) is 30.8 Å². The van der Waals surface area contributed by atoms with Crippen molar-refractivity contribution in [1.29, 1.82) is 0 Å². The van der Waals surface area contributed by atoms with Crippen LogP contribution >= 0.6 is 23.5 Å². The molecular formula is C15H24N4OS2. The number of aromatic nitrogens is 2. The van der Waals surface area contributed by atoms with E-state index < -0.39 is 0 Å². The van der Waals surface area contributed by atoms with E-state index in [2.05, 4.69) is 38.8 Å². The molecule has 1 aliphatic carbocycles. The van der Waals surface area contributed by atoms with E-state index in [1.54, 1.807) is 6.07 Å². The molecule has 7 heteroatoms. The van der Waals surface area contributed by atoms with E-state index in [0.717, 1.165) is 18.5 Å². The molecule has 1 aromatic heterocycles. The van der Waals surface area contributed by atoms with Crippen molar-refractivity contribution in [3.8, 4) is 0 Å². The van der Waals surface area contributed by atoms with Crippen LogP contribution in [0.5, 0.6) is 0 Å². The first-order valence-corrected chi connectivity index (χ1v) is 10.1. The summed E-state index contributed by atoms with van der Waals surface area (Å²) >= 11 is 4.12. The largest absolute Gasteiger partial charge is 0.348 e. The number of rotatable bonds is 4. The van der Waals surface area contributed by atoms with E-state index in [-0.39, 0.29) is 5.56 Å². The maximum Gasteiger partial charge on any atom is 0.252 e. The summed E-state index contributed by atoms with van der Waals surface area (Å²) in [6.07, 6.45) is 2.18. The molecule has 122 valence electrons. The molecule has 0 bridgehead atoms. The Labute approximate surface area is 140 Å². The van der Waals surface area contributed by atoms with Crippen LogP contribution in [0.2, 0.25) is 0 Å². The molecule has 5 nitrogen and oxygen atoms in total. The molecule has 1 aromatic rings. The summed E-state index contributed by atoms with van der Waals surface area (Å²) in [6, 6.07) is 2.87. The van der Waals surface area contributed by atoms with Gasteiger partial charge in [-0.2, -0.15) is 23.5 Å². The fourth-order valence-electron chi connectivity index (χ4n) is 2.93. The van der Waals surface area contributed by atoms with Gasteiger partial charge in [-0.05, 0) is 12.8 Å². The van der Waals surface area contributed by atoms with E-state index in [4.69, 9.17) is 0 Å². The van der Waals surface area contributed by atoms with Gasteiger partial charge in [0.1, 0.15) is 0 Å². The van der Waals surface area contributed by atoms with E-state index in [0.29, 0.717) is 23.9 Å². The van der Waals surface area contributed by atoms with Crippen LogP contribution in [0.3, 0.4) is 0 Å². The number of hydrogen-bond donors (Lipinski definition) is 2. The number of nitrogens with zero attached hydrogens (tertiary/aromatic N) is 2. The molecule has 0 atom stereocenters. The maximum atomic E-state index is 11.8. The van der Waals surface area contributed by atoms with Gasteiger partial charge in [-0.3, -0.25) is 9.78 Å². The summed E-state index contributed by atoms with van der Waals surface area (Å²) in [5, 5.41) is 3.78. The second-order valence-corrected chi connectivity index (χ2v) is 8.57. The highest BCUT2D eigenvalue weighted by molar-refractivity contribution is 8.03. The van der Waals surface area contributed by atoms with Gasteiger partial charge in [0.25, 0.3) is 5.56 Å². The zero-order valence-electron chi connectivity index (χ0n) is 13.2. The Morgan fingerprint density at radius 2 is 1.91 bits per heavy atom. The van der Waals surface area contributed by atoms with Crippen LogP contribution < -0.4 is 15.8 Å². The zero-order valence-corrected chi connectivity index (χ0v) is 14.8. The molecule has 1 saturated carbocycles. The second-order valence-electron chi connectivity index (χ2n) is 6.27.